The van der Waals surface area contributed by atoms with Crippen LogP contribution < -0.4 is 10.2 Å². The molecular formula is C17H16N4O. The fourth-order valence-corrected chi connectivity index (χ4v) is 2.91. The van der Waals surface area contributed by atoms with Gasteiger partial charge in [0.15, 0.2) is 0 Å². The van der Waals surface area contributed by atoms with Crippen LogP contribution in [0.5, 0.6) is 0 Å². The van der Waals surface area contributed by atoms with Crippen LogP contribution in [0, 0.1) is 0 Å². The van der Waals surface area contributed by atoms with E-state index in [4.69, 9.17) is 0 Å². The molecule has 0 saturated heterocycles. The molecular weight excluding hydrogens is 276 g/mol. The van der Waals surface area contributed by atoms with Crippen LogP contribution in [0.3, 0.4) is 0 Å². The molecule has 0 fully saturated rings. The van der Waals surface area contributed by atoms with Gasteiger partial charge in [0.05, 0.1) is 18.0 Å². The van der Waals surface area contributed by atoms with Crippen molar-refractivity contribution in [1.29, 1.82) is 0 Å². The third-order valence-corrected chi connectivity index (χ3v) is 4.14. The van der Waals surface area contributed by atoms with Crippen LogP contribution >= 0.6 is 0 Å². The zero-order valence-corrected chi connectivity index (χ0v) is 12.3. The Hall–Kier alpha value is -2.82. The summed E-state index contributed by atoms with van der Waals surface area (Å²) in [5, 5.41) is 2.97. The molecule has 0 saturated carbocycles. The number of nitrogens with one attached hydrogen (secondary N) is 1. The first-order valence-corrected chi connectivity index (χ1v) is 7.28. The van der Waals surface area contributed by atoms with E-state index < -0.39 is 0 Å². The Bertz CT molecular complexity index is 868. The maximum absolute atomic E-state index is 12.4. The predicted octanol–water partition coefficient (Wildman–Crippen LogP) is 2.58. The number of fused-ring (bicyclic) bond motifs is 2. The lowest BCUT2D eigenvalue weighted by molar-refractivity contribution is 0.102. The van der Waals surface area contributed by atoms with E-state index in [-0.39, 0.29) is 5.91 Å². The first-order chi connectivity index (χ1) is 10.7. The van der Waals surface area contributed by atoms with E-state index >= 15 is 0 Å². The van der Waals surface area contributed by atoms with E-state index in [1.807, 2.05) is 22.7 Å². The zero-order chi connectivity index (χ0) is 15.1. The highest BCUT2D eigenvalue weighted by atomic mass is 16.1. The highest BCUT2D eigenvalue weighted by Gasteiger charge is 2.16. The first-order valence-electron chi connectivity index (χ1n) is 7.28. The summed E-state index contributed by atoms with van der Waals surface area (Å²) in [7, 11) is 2.09. The van der Waals surface area contributed by atoms with Gasteiger partial charge < -0.3 is 14.6 Å². The first kappa shape index (κ1) is 12.9. The number of imidazole rings is 1. The lowest BCUT2D eigenvalue weighted by Crippen LogP contribution is -2.13. The number of nitrogens with zero attached hydrogens (tertiary/aromatic N) is 3. The number of likely N-dealkylation sites (N-methyl/N-ethyl adjacent to an activating group) is 1. The molecule has 0 atom stereocenters. The molecule has 3 aromatic rings. The van der Waals surface area contributed by atoms with Gasteiger partial charge in [-0.25, -0.2) is 4.98 Å². The summed E-state index contributed by atoms with van der Waals surface area (Å²) in [5.41, 5.74) is 4.91. The summed E-state index contributed by atoms with van der Waals surface area (Å²) in [4.78, 5) is 18.7. The fraction of sp³-hybridized carbons (Fsp3) is 0.176. The van der Waals surface area contributed by atoms with E-state index in [1.54, 1.807) is 18.6 Å². The molecule has 2 aromatic heterocycles. The van der Waals surface area contributed by atoms with Crippen LogP contribution in [0.4, 0.5) is 11.4 Å². The van der Waals surface area contributed by atoms with Crippen molar-refractivity contribution < 1.29 is 4.79 Å². The molecule has 0 bridgehead atoms. The third kappa shape index (κ3) is 2.11. The van der Waals surface area contributed by atoms with Crippen molar-refractivity contribution in [3.63, 3.8) is 0 Å². The normalized spacial score (nSPS) is 13.4. The molecule has 0 aliphatic carbocycles. The molecule has 5 nitrogen and oxygen atoms in total. The number of carbonyl (C=O) groups is 1. The number of aromatic nitrogens is 2. The summed E-state index contributed by atoms with van der Waals surface area (Å²) in [6.45, 7) is 1.03. The number of benzene rings is 1. The number of carbonyl (C=O) groups excluding carboxylic acids is 1. The third-order valence-electron chi connectivity index (χ3n) is 4.14. The average molecular weight is 292 g/mol. The van der Waals surface area contributed by atoms with Crippen LogP contribution in [0.25, 0.3) is 5.52 Å². The van der Waals surface area contributed by atoms with E-state index in [0.717, 1.165) is 24.2 Å². The topological polar surface area (TPSA) is 49.6 Å². The van der Waals surface area contributed by atoms with Gasteiger partial charge >= 0.3 is 0 Å². The van der Waals surface area contributed by atoms with E-state index in [1.165, 1.54) is 11.3 Å². The minimum Gasteiger partial charge on any atom is -0.374 e. The van der Waals surface area contributed by atoms with E-state index in [2.05, 4.69) is 34.4 Å². The lowest BCUT2D eigenvalue weighted by atomic mass is 10.1. The molecule has 110 valence electrons. The second-order valence-corrected chi connectivity index (χ2v) is 5.61. The Morgan fingerprint density at radius 2 is 2.18 bits per heavy atom. The van der Waals surface area contributed by atoms with Crippen molar-refractivity contribution in [2.45, 2.75) is 6.42 Å². The van der Waals surface area contributed by atoms with Crippen molar-refractivity contribution in [2.24, 2.45) is 0 Å². The van der Waals surface area contributed by atoms with Crippen molar-refractivity contribution in [3.05, 3.63) is 60.2 Å². The Morgan fingerprint density at radius 1 is 1.27 bits per heavy atom. The van der Waals surface area contributed by atoms with Crippen LogP contribution in [0.1, 0.15) is 15.9 Å². The van der Waals surface area contributed by atoms with E-state index in [9.17, 15) is 4.79 Å². The summed E-state index contributed by atoms with van der Waals surface area (Å²) >= 11 is 0. The maximum Gasteiger partial charge on any atom is 0.255 e. The maximum atomic E-state index is 12.4. The van der Waals surface area contributed by atoms with Gasteiger partial charge in [0.2, 0.25) is 0 Å². The Labute approximate surface area is 128 Å². The van der Waals surface area contributed by atoms with Gasteiger partial charge in [0.25, 0.3) is 5.91 Å². The van der Waals surface area contributed by atoms with Crippen molar-refractivity contribution in [2.75, 3.05) is 23.8 Å². The highest BCUT2D eigenvalue weighted by molar-refractivity contribution is 6.05. The number of hydrogen-bond acceptors (Lipinski definition) is 3. The SMILES string of the molecule is CN1CCc2cc(NC(=O)c3ccn4cncc4c3)ccc21. The molecule has 1 N–H and O–H groups in total. The average Bonchev–Trinajstić information content (AvgIpc) is 3.13. The van der Waals surface area contributed by atoms with Gasteiger partial charge in [0, 0.05) is 36.7 Å². The molecule has 0 radical (unpaired) electrons. The van der Waals surface area contributed by atoms with Gasteiger partial charge in [-0.05, 0) is 42.3 Å². The molecule has 5 heteroatoms. The number of amides is 1. The Morgan fingerprint density at radius 3 is 3.09 bits per heavy atom. The molecule has 22 heavy (non-hydrogen) atoms. The smallest absolute Gasteiger partial charge is 0.255 e. The minimum absolute atomic E-state index is 0.102. The van der Waals surface area contributed by atoms with Crippen LogP contribution in [0.2, 0.25) is 0 Å². The second-order valence-electron chi connectivity index (χ2n) is 5.61. The van der Waals surface area contributed by atoms with Crippen molar-refractivity contribution in [1.82, 2.24) is 9.38 Å². The standard InChI is InChI=1S/C17H16N4O/c1-20-6-4-12-8-14(2-3-16(12)20)19-17(22)13-5-7-21-11-18-10-15(21)9-13/h2-3,5,7-11H,4,6H2,1H3,(H,19,22). The van der Waals surface area contributed by atoms with Gasteiger partial charge in [-0.3, -0.25) is 4.79 Å². The summed E-state index contributed by atoms with van der Waals surface area (Å²) in [6.07, 6.45) is 6.32. The Balaban J connectivity index is 1.59. The molecule has 1 amide bonds. The number of hydrogen-bond donors (Lipinski definition) is 1. The largest absolute Gasteiger partial charge is 0.374 e. The molecule has 1 aliphatic rings. The van der Waals surface area contributed by atoms with Crippen LogP contribution in [-0.2, 0) is 6.42 Å². The van der Waals surface area contributed by atoms with Crippen LogP contribution in [0.15, 0.2) is 49.1 Å². The zero-order valence-electron chi connectivity index (χ0n) is 12.3. The molecule has 0 unspecified atom stereocenters. The summed E-state index contributed by atoms with van der Waals surface area (Å²) < 4.78 is 1.88. The molecule has 1 aromatic carbocycles. The number of pyridine rings is 1. The number of anilines is 2. The van der Waals surface area contributed by atoms with Crippen molar-refractivity contribution in [3.8, 4) is 0 Å². The summed E-state index contributed by atoms with van der Waals surface area (Å²) in [5.74, 6) is -0.102. The fourth-order valence-electron chi connectivity index (χ4n) is 2.91. The highest BCUT2D eigenvalue weighted by Crippen LogP contribution is 2.29. The predicted molar refractivity (Wildman–Crippen MR) is 86.6 cm³/mol. The molecule has 3 heterocycles. The second kappa shape index (κ2) is 4.87. The molecule has 1 aliphatic heterocycles. The number of rotatable bonds is 2. The summed E-state index contributed by atoms with van der Waals surface area (Å²) in [6, 6.07) is 9.72. The Kier molecular flexibility index (Phi) is 2.85. The van der Waals surface area contributed by atoms with E-state index in [0.29, 0.717) is 5.56 Å². The quantitative estimate of drug-likeness (QED) is 0.790. The van der Waals surface area contributed by atoms with Gasteiger partial charge in [0.1, 0.15) is 0 Å². The van der Waals surface area contributed by atoms with Gasteiger partial charge in [-0.1, -0.05) is 0 Å². The van der Waals surface area contributed by atoms with Gasteiger partial charge in [-0.2, -0.15) is 0 Å². The van der Waals surface area contributed by atoms with Gasteiger partial charge in [-0.15, -0.1) is 0 Å². The molecule has 4 rings (SSSR count). The molecule has 0 spiro atoms. The monoisotopic (exact) mass is 292 g/mol. The minimum atomic E-state index is -0.102. The van der Waals surface area contributed by atoms with Crippen molar-refractivity contribution >= 4 is 22.8 Å². The lowest BCUT2D eigenvalue weighted by Gasteiger charge is -2.12. The van der Waals surface area contributed by atoms with Crippen LogP contribution in [-0.4, -0.2) is 28.9 Å².